The maximum absolute atomic E-state index is 12.1. The number of carbonyl (C=O) groups excluding carboxylic acids is 2. The molecule has 0 fully saturated rings. The van der Waals surface area contributed by atoms with E-state index in [1.165, 1.54) is 7.11 Å². The van der Waals surface area contributed by atoms with Crippen molar-refractivity contribution in [2.45, 2.75) is 19.1 Å². The summed E-state index contributed by atoms with van der Waals surface area (Å²) in [7, 11) is 1.27. The van der Waals surface area contributed by atoms with Crippen LogP contribution in [-0.2, 0) is 27.3 Å². The van der Waals surface area contributed by atoms with Gasteiger partial charge in [0.05, 0.1) is 7.11 Å². The van der Waals surface area contributed by atoms with Crippen LogP contribution in [-0.4, -0.2) is 38.4 Å². The van der Waals surface area contributed by atoms with Gasteiger partial charge in [0.25, 0.3) is 0 Å². The van der Waals surface area contributed by atoms with Crippen LogP contribution in [0.3, 0.4) is 0 Å². The quantitative estimate of drug-likeness (QED) is 0.786. The highest BCUT2D eigenvalue weighted by Gasteiger charge is 2.24. The Morgan fingerprint density at radius 3 is 2.52 bits per heavy atom. The molecule has 2 aromatic carbocycles. The van der Waals surface area contributed by atoms with Crippen LogP contribution in [0.15, 0.2) is 48.5 Å². The van der Waals surface area contributed by atoms with Gasteiger partial charge in [-0.3, -0.25) is 0 Å². The first-order valence-electron chi connectivity index (χ1n) is 8.59. The van der Waals surface area contributed by atoms with Crippen LogP contribution >= 0.6 is 0 Å². The summed E-state index contributed by atoms with van der Waals surface area (Å²) in [5, 5.41) is 2.56. The molecule has 0 aliphatic carbocycles. The molecule has 1 atom stereocenters. The van der Waals surface area contributed by atoms with E-state index in [-0.39, 0.29) is 13.0 Å². The van der Waals surface area contributed by atoms with E-state index in [0.717, 1.165) is 11.1 Å². The highest BCUT2D eigenvalue weighted by atomic mass is 16.6. The van der Waals surface area contributed by atoms with Crippen molar-refractivity contribution in [3.05, 3.63) is 59.7 Å². The molecule has 3 rings (SSSR count). The largest absolute Gasteiger partial charge is 0.486 e. The number of carbonyl (C=O) groups is 2. The van der Waals surface area contributed by atoms with Crippen molar-refractivity contribution >= 4 is 12.1 Å². The molecule has 0 radical (unpaired) electrons. The first-order valence-corrected chi connectivity index (χ1v) is 8.59. The molecule has 0 spiro atoms. The van der Waals surface area contributed by atoms with Gasteiger partial charge >= 0.3 is 12.1 Å². The molecular formula is C20H21NO6. The van der Waals surface area contributed by atoms with Gasteiger partial charge in [-0.05, 0) is 23.3 Å². The predicted octanol–water partition coefficient (Wildman–Crippen LogP) is 2.47. The van der Waals surface area contributed by atoms with E-state index in [2.05, 4.69) is 5.32 Å². The van der Waals surface area contributed by atoms with Crippen molar-refractivity contribution in [2.24, 2.45) is 0 Å². The molecule has 0 unspecified atom stereocenters. The second-order valence-electron chi connectivity index (χ2n) is 5.96. The predicted molar refractivity (Wildman–Crippen MR) is 96.7 cm³/mol. The highest BCUT2D eigenvalue weighted by Crippen LogP contribution is 2.31. The Kier molecular flexibility index (Phi) is 6.14. The third-order valence-electron chi connectivity index (χ3n) is 4.04. The number of hydrogen-bond donors (Lipinski definition) is 1. The number of amides is 1. The summed E-state index contributed by atoms with van der Waals surface area (Å²) in [5.41, 5.74) is 1.66. The first-order chi connectivity index (χ1) is 13.2. The van der Waals surface area contributed by atoms with Gasteiger partial charge in [0.15, 0.2) is 11.5 Å². The number of benzene rings is 2. The lowest BCUT2D eigenvalue weighted by atomic mass is 10.1. The molecule has 7 nitrogen and oxygen atoms in total. The first kappa shape index (κ1) is 18.6. The average molecular weight is 371 g/mol. The number of rotatable bonds is 6. The number of esters is 1. The molecular weight excluding hydrogens is 350 g/mol. The Bertz CT molecular complexity index is 792. The molecule has 1 aliphatic heterocycles. The summed E-state index contributed by atoms with van der Waals surface area (Å²) in [6.45, 7) is 1.09. The Morgan fingerprint density at radius 2 is 1.78 bits per heavy atom. The van der Waals surface area contributed by atoms with Gasteiger partial charge in [-0.2, -0.15) is 0 Å². The van der Waals surface area contributed by atoms with Crippen molar-refractivity contribution < 1.29 is 28.5 Å². The van der Waals surface area contributed by atoms with E-state index >= 15 is 0 Å². The number of alkyl carbamates (subject to hydrolysis) is 1. The van der Waals surface area contributed by atoms with Crippen molar-refractivity contribution in [1.82, 2.24) is 5.32 Å². The molecule has 1 heterocycles. The zero-order valence-corrected chi connectivity index (χ0v) is 15.0. The Hall–Kier alpha value is -3.22. The zero-order chi connectivity index (χ0) is 19.1. The topological polar surface area (TPSA) is 83.1 Å². The summed E-state index contributed by atoms with van der Waals surface area (Å²) < 4.78 is 21.0. The molecule has 7 heteroatoms. The van der Waals surface area contributed by atoms with E-state index in [1.54, 1.807) is 12.1 Å². The third-order valence-corrected chi connectivity index (χ3v) is 4.04. The minimum absolute atomic E-state index is 0.116. The summed E-state index contributed by atoms with van der Waals surface area (Å²) in [6, 6.07) is 13.8. The molecule has 0 bridgehead atoms. The van der Waals surface area contributed by atoms with Crippen molar-refractivity contribution in [1.29, 1.82) is 0 Å². The maximum atomic E-state index is 12.1. The van der Waals surface area contributed by atoms with Gasteiger partial charge in [0.2, 0.25) is 0 Å². The number of ether oxygens (including phenoxy) is 4. The number of methoxy groups -OCH3 is 1. The van der Waals surface area contributed by atoms with E-state index in [0.29, 0.717) is 24.7 Å². The van der Waals surface area contributed by atoms with Crippen LogP contribution in [0.25, 0.3) is 0 Å². The summed E-state index contributed by atoms with van der Waals surface area (Å²) in [6.07, 6.45) is -0.448. The van der Waals surface area contributed by atoms with E-state index in [1.807, 2.05) is 36.4 Å². The molecule has 142 valence electrons. The second-order valence-corrected chi connectivity index (χ2v) is 5.96. The van der Waals surface area contributed by atoms with Crippen molar-refractivity contribution in [2.75, 3.05) is 20.3 Å². The lowest BCUT2D eigenvalue weighted by Gasteiger charge is -2.20. The Balaban J connectivity index is 1.61. The molecule has 0 aromatic heterocycles. The Labute approximate surface area is 157 Å². The normalized spacial score (nSPS) is 13.4. The standard InChI is InChI=1S/C20H21NO6/c1-24-19(22)16(21-20(23)27-13-14-5-3-2-4-6-14)11-15-7-8-17-18(12-15)26-10-9-25-17/h2-8,12,16H,9-11,13H2,1H3,(H,21,23)/t16-/m0/s1. The van der Waals surface area contributed by atoms with Crippen LogP contribution in [0.2, 0.25) is 0 Å². The highest BCUT2D eigenvalue weighted by molar-refractivity contribution is 5.81. The number of hydrogen-bond acceptors (Lipinski definition) is 6. The fourth-order valence-corrected chi connectivity index (χ4v) is 2.69. The fourth-order valence-electron chi connectivity index (χ4n) is 2.69. The van der Waals surface area contributed by atoms with Crippen LogP contribution in [0.1, 0.15) is 11.1 Å². The minimum atomic E-state index is -0.874. The van der Waals surface area contributed by atoms with Gasteiger partial charge < -0.3 is 24.3 Å². The van der Waals surface area contributed by atoms with Gasteiger partial charge in [0.1, 0.15) is 25.9 Å². The smallest absolute Gasteiger partial charge is 0.408 e. The number of fused-ring (bicyclic) bond motifs is 1. The molecule has 0 saturated carbocycles. The summed E-state index contributed by atoms with van der Waals surface area (Å²) >= 11 is 0. The van der Waals surface area contributed by atoms with Crippen LogP contribution in [0, 0.1) is 0 Å². The van der Waals surface area contributed by atoms with Crippen molar-refractivity contribution in [3.8, 4) is 11.5 Å². The SMILES string of the molecule is COC(=O)[C@H](Cc1ccc2c(c1)OCCO2)NC(=O)OCc1ccccc1. The number of nitrogens with one attached hydrogen (secondary N) is 1. The minimum Gasteiger partial charge on any atom is -0.486 e. The molecule has 2 aromatic rings. The summed E-state index contributed by atoms with van der Waals surface area (Å²) in [4.78, 5) is 24.2. The maximum Gasteiger partial charge on any atom is 0.408 e. The van der Waals surface area contributed by atoms with Gasteiger partial charge in [0, 0.05) is 6.42 Å². The van der Waals surface area contributed by atoms with Crippen LogP contribution in [0.4, 0.5) is 4.79 Å². The lowest BCUT2D eigenvalue weighted by molar-refractivity contribution is -0.143. The van der Waals surface area contributed by atoms with Crippen molar-refractivity contribution in [3.63, 3.8) is 0 Å². The van der Waals surface area contributed by atoms with E-state index in [4.69, 9.17) is 18.9 Å². The van der Waals surface area contributed by atoms with Gasteiger partial charge in [-0.25, -0.2) is 9.59 Å². The lowest BCUT2D eigenvalue weighted by Crippen LogP contribution is -2.43. The molecule has 27 heavy (non-hydrogen) atoms. The third kappa shape index (κ3) is 5.13. The van der Waals surface area contributed by atoms with E-state index < -0.39 is 18.1 Å². The van der Waals surface area contributed by atoms with Crippen LogP contribution in [0.5, 0.6) is 11.5 Å². The fraction of sp³-hybridized carbons (Fsp3) is 0.300. The molecule has 0 saturated heterocycles. The zero-order valence-electron chi connectivity index (χ0n) is 15.0. The van der Waals surface area contributed by atoms with Gasteiger partial charge in [-0.15, -0.1) is 0 Å². The van der Waals surface area contributed by atoms with Gasteiger partial charge in [-0.1, -0.05) is 36.4 Å². The molecule has 1 N–H and O–H groups in total. The second kappa shape index (κ2) is 8.93. The average Bonchev–Trinajstić information content (AvgIpc) is 2.72. The van der Waals surface area contributed by atoms with Crippen LogP contribution < -0.4 is 14.8 Å². The van der Waals surface area contributed by atoms with E-state index in [9.17, 15) is 9.59 Å². The Morgan fingerprint density at radius 1 is 1.04 bits per heavy atom. The molecule has 1 aliphatic rings. The monoisotopic (exact) mass is 371 g/mol. The summed E-state index contributed by atoms with van der Waals surface area (Å²) in [5.74, 6) is 0.727. The molecule has 1 amide bonds.